The molecule has 0 unspecified atom stereocenters. The van der Waals surface area contributed by atoms with Crippen molar-refractivity contribution in [1.29, 1.82) is 0 Å². The average molecular weight is 304 g/mol. The first-order chi connectivity index (χ1) is 8.88. The van der Waals surface area contributed by atoms with Gasteiger partial charge < -0.3 is 4.74 Å². The SMILES string of the molecule is CCCC[S@@](=O)Cc1ccc(OC)c(S(C)(=O)=O)c1. The molecule has 0 aliphatic carbocycles. The lowest BCUT2D eigenvalue weighted by Crippen LogP contribution is -2.05. The maximum absolute atomic E-state index is 11.8. The Morgan fingerprint density at radius 3 is 2.53 bits per heavy atom. The first-order valence-corrected chi connectivity index (χ1v) is 9.48. The van der Waals surface area contributed by atoms with Gasteiger partial charge in [0.1, 0.15) is 10.6 Å². The summed E-state index contributed by atoms with van der Waals surface area (Å²) in [5, 5.41) is 0. The highest BCUT2D eigenvalue weighted by Gasteiger charge is 2.15. The molecule has 0 aliphatic rings. The zero-order valence-electron chi connectivity index (χ0n) is 11.5. The van der Waals surface area contributed by atoms with Gasteiger partial charge in [-0.3, -0.25) is 4.21 Å². The van der Waals surface area contributed by atoms with Crippen molar-refractivity contribution < 1.29 is 17.4 Å². The highest BCUT2D eigenvalue weighted by Crippen LogP contribution is 2.25. The van der Waals surface area contributed by atoms with Crippen LogP contribution in [-0.2, 0) is 26.4 Å². The summed E-state index contributed by atoms with van der Waals surface area (Å²) in [5.41, 5.74) is 0.760. The fraction of sp³-hybridized carbons (Fsp3) is 0.538. The molecule has 1 aromatic carbocycles. The van der Waals surface area contributed by atoms with Crippen molar-refractivity contribution in [3.05, 3.63) is 23.8 Å². The Morgan fingerprint density at radius 2 is 2.00 bits per heavy atom. The third kappa shape index (κ3) is 4.95. The molecule has 1 rings (SSSR count). The second kappa shape index (κ2) is 7.05. The highest BCUT2D eigenvalue weighted by molar-refractivity contribution is 7.90. The lowest BCUT2D eigenvalue weighted by molar-refractivity contribution is 0.402. The van der Waals surface area contributed by atoms with E-state index in [1.54, 1.807) is 18.2 Å². The molecule has 0 saturated heterocycles. The van der Waals surface area contributed by atoms with Crippen LogP contribution < -0.4 is 4.74 Å². The summed E-state index contributed by atoms with van der Waals surface area (Å²) >= 11 is 0. The number of sulfone groups is 1. The maximum Gasteiger partial charge on any atom is 0.179 e. The Balaban J connectivity index is 2.96. The zero-order chi connectivity index (χ0) is 14.5. The van der Waals surface area contributed by atoms with Crippen molar-refractivity contribution in [3.8, 4) is 5.75 Å². The van der Waals surface area contributed by atoms with E-state index in [2.05, 4.69) is 0 Å². The van der Waals surface area contributed by atoms with E-state index in [1.165, 1.54) is 7.11 Å². The molecule has 0 fully saturated rings. The quantitative estimate of drug-likeness (QED) is 0.774. The van der Waals surface area contributed by atoms with Gasteiger partial charge in [-0.2, -0.15) is 0 Å². The van der Waals surface area contributed by atoms with E-state index >= 15 is 0 Å². The molecule has 0 N–H and O–H groups in total. The minimum atomic E-state index is -3.34. The number of ether oxygens (including phenoxy) is 1. The molecule has 108 valence electrons. The summed E-state index contributed by atoms with van der Waals surface area (Å²) < 4.78 is 40.2. The molecule has 0 aliphatic heterocycles. The van der Waals surface area contributed by atoms with Crippen molar-refractivity contribution in [2.75, 3.05) is 19.1 Å². The van der Waals surface area contributed by atoms with Gasteiger partial charge in [0.15, 0.2) is 9.84 Å². The Morgan fingerprint density at radius 1 is 1.32 bits per heavy atom. The molecule has 0 radical (unpaired) electrons. The Bertz CT molecular complexity index is 550. The van der Waals surface area contributed by atoms with Gasteiger partial charge in [0, 0.05) is 28.6 Å². The Kier molecular flexibility index (Phi) is 6.00. The predicted octanol–water partition coefficient (Wildman–Crippen LogP) is 2.15. The van der Waals surface area contributed by atoms with Crippen LogP contribution in [0.25, 0.3) is 0 Å². The molecule has 6 heteroatoms. The first kappa shape index (κ1) is 16.2. The van der Waals surface area contributed by atoms with Crippen LogP contribution >= 0.6 is 0 Å². The van der Waals surface area contributed by atoms with Crippen LogP contribution in [0.2, 0.25) is 0 Å². The highest BCUT2D eigenvalue weighted by atomic mass is 32.2. The molecule has 0 saturated carbocycles. The lowest BCUT2D eigenvalue weighted by atomic mass is 10.2. The summed E-state index contributed by atoms with van der Waals surface area (Å²) in [6.45, 7) is 2.05. The van der Waals surface area contributed by atoms with E-state index in [0.717, 1.165) is 24.7 Å². The monoisotopic (exact) mass is 304 g/mol. The number of hydrogen-bond donors (Lipinski definition) is 0. The van der Waals surface area contributed by atoms with Crippen molar-refractivity contribution in [1.82, 2.24) is 0 Å². The molecule has 1 atom stereocenters. The summed E-state index contributed by atoms with van der Waals surface area (Å²) in [6.07, 6.45) is 3.06. The number of hydrogen-bond acceptors (Lipinski definition) is 4. The average Bonchev–Trinajstić information content (AvgIpc) is 2.35. The minimum absolute atomic E-state index is 0.153. The van der Waals surface area contributed by atoms with Crippen LogP contribution in [-0.4, -0.2) is 31.7 Å². The molecule has 0 bridgehead atoms. The van der Waals surface area contributed by atoms with E-state index < -0.39 is 20.6 Å². The second-order valence-corrected chi connectivity index (χ2v) is 7.96. The van der Waals surface area contributed by atoms with Crippen molar-refractivity contribution in [3.63, 3.8) is 0 Å². The van der Waals surface area contributed by atoms with E-state index in [-0.39, 0.29) is 4.90 Å². The minimum Gasteiger partial charge on any atom is -0.495 e. The Labute approximate surface area is 117 Å². The van der Waals surface area contributed by atoms with Crippen molar-refractivity contribution >= 4 is 20.6 Å². The van der Waals surface area contributed by atoms with Crippen LogP contribution in [0.4, 0.5) is 0 Å². The van der Waals surface area contributed by atoms with E-state index in [4.69, 9.17) is 4.74 Å². The van der Waals surface area contributed by atoms with Gasteiger partial charge >= 0.3 is 0 Å². The van der Waals surface area contributed by atoms with Crippen LogP contribution in [0.1, 0.15) is 25.3 Å². The lowest BCUT2D eigenvalue weighted by Gasteiger charge is -2.09. The van der Waals surface area contributed by atoms with E-state index in [9.17, 15) is 12.6 Å². The van der Waals surface area contributed by atoms with Crippen LogP contribution in [0.15, 0.2) is 23.1 Å². The largest absolute Gasteiger partial charge is 0.495 e. The van der Waals surface area contributed by atoms with Gasteiger partial charge in [-0.25, -0.2) is 8.42 Å². The molecular formula is C13H20O4S2. The van der Waals surface area contributed by atoms with Crippen LogP contribution in [0, 0.1) is 0 Å². The molecule has 0 heterocycles. The fourth-order valence-electron chi connectivity index (χ4n) is 1.66. The molecular weight excluding hydrogens is 284 g/mol. The van der Waals surface area contributed by atoms with Crippen LogP contribution in [0.5, 0.6) is 5.75 Å². The third-order valence-corrected chi connectivity index (χ3v) is 5.20. The first-order valence-electron chi connectivity index (χ1n) is 6.10. The molecule has 4 nitrogen and oxygen atoms in total. The maximum atomic E-state index is 11.8. The smallest absolute Gasteiger partial charge is 0.179 e. The molecule has 0 spiro atoms. The fourth-order valence-corrected chi connectivity index (χ4v) is 3.85. The van der Waals surface area contributed by atoms with Gasteiger partial charge in [0.2, 0.25) is 0 Å². The summed E-state index contributed by atoms with van der Waals surface area (Å²) in [7, 11) is -2.86. The summed E-state index contributed by atoms with van der Waals surface area (Å²) in [6, 6.07) is 4.93. The standard InChI is InChI=1S/C13H20O4S2/c1-4-5-8-18(14)10-11-6-7-12(17-2)13(9-11)19(3,15)16/h6-7,9H,4-5,8,10H2,1-3H3/t18-/m1/s1. The molecule has 0 aromatic heterocycles. The topological polar surface area (TPSA) is 60.4 Å². The van der Waals surface area contributed by atoms with Crippen LogP contribution in [0.3, 0.4) is 0 Å². The predicted molar refractivity (Wildman–Crippen MR) is 77.7 cm³/mol. The second-order valence-electron chi connectivity index (χ2n) is 4.40. The van der Waals surface area contributed by atoms with Gasteiger partial charge in [0.05, 0.1) is 7.11 Å². The van der Waals surface area contributed by atoms with E-state index in [0.29, 0.717) is 17.3 Å². The summed E-state index contributed by atoms with van der Waals surface area (Å²) in [4.78, 5) is 0.153. The normalized spacial score (nSPS) is 13.2. The van der Waals surface area contributed by atoms with Gasteiger partial charge in [-0.05, 0) is 24.1 Å². The third-order valence-electron chi connectivity index (χ3n) is 2.68. The van der Waals surface area contributed by atoms with E-state index in [1.807, 2.05) is 6.92 Å². The number of rotatable bonds is 7. The molecule has 19 heavy (non-hydrogen) atoms. The Hall–Kier alpha value is -0.880. The molecule has 0 amide bonds. The number of unbranched alkanes of at least 4 members (excludes halogenated alkanes) is 1. The van der Waals surface area contributed by atoms with Crippen molar-refractivity contribution in [2.45, 2.75) is 30.4 Å². The van der Waals surface area contributed by atoms with Gasteiger partial charge in [-0.1, -0.05) is 19.4 Å². The molecule has 1 aromatic rings. The van der Waals surface area contributed by atoms with Crippen molar-refractivity contribution in [2.24, 2.45) is 0 Å². The summed E-state index contributed by atoms with van der Waals surface area (Å²) in [5.74, 6) is 1.36. The zero-order valence-corrected chi connectivity index (χ0v) is 13.1. The number of methoxy groups -OCH3 is 1. The number of benzene rings is 1. The van der Waals surface area contributed by atoms with Gasteiger partial charge in [-0.15, -0.1) is 0 Å². The van der Waals surface area contributed by atoms with Gasteiger partial charge in [0.25, 0.3) is 0 Å².